The predicted molar refractivity (Wildman–Crippen MR) is 128 cm³/mol. The molecule has 1 heterocycles. The molecule has 2 amide bonds. The molecular formula is C24H32N4O4S. The van der Waals surface area contributed by atoms with Gasteiger partial charge in [-0.1, -0.05) is 30.2 Å². The van der Waals surface area contributed by atoms with Crippen LogP contribution in [0.2, 0.25) is 0 Å². The van der Waals surface area contributed by atoms with E-state index in [1.807, 2.05) is 39.0 Å². The Bertz CT molecular complexity index is 1150. The first-order valence-electron chi connectivity index (χ1n) is 11.1. The Hall–Kier alpha value is -2.91. The lowest BCUT2D eigenvalue weighted by Gasteiger charge is -2.32. The highest BCUT2D eigenvalue weighted by molar-refractivity contribution is 7.89. The van der Waals surface area contributed by atoms with Gasteiger partial charge >= 0.3 is 0 Å². The lowest BCUT2D eigenvalue weighted by Crippen LogP contribution is -2.44. The van der Waals surface area contributed by atoms with Crippen molar-refractivity contribution in [3.05, 3.63) is 58.7 Å². The summed E-state index contributed by atoms with van der Waals surface area (Å²) < 4.78 is 27.8. The number of piperidine rings is 1. The van der Waals surface area contributed by atoms with Crippen LogP contribution in [0.1, 0.15) is 53.2 Å². The summed E-state index contributed by atoms with van der Waals surface area (Å²) in [5, 5.41) is 3.04. The molecule has 9 heteroatoms. The van der Waals surface area contributed by atoms with Crippen molar-refractivity contribution in [2.45, 2.75) is 57.9 Å². The highest BCUT2D eigenvalue weighted by Gasteiger charge is 2.31. The highest BCUT2D eigenvalue weighted by Crippen LogP contribution is 2.26. The van der Waals surface area contributed by atoms with Crippen molar-refractivity contribution in [3.8, 4) is 0 Å². The average molecular weight is 473 g/mol. The van der Waals surface area contributed by atoms with Crippen molar-refractivity contribution < 1.29 is 18.0 Å². The van der Waals surface area contributed by atoms with Crippen LogP contribution in [0.4, 0.5) is 5.69 Å². The average Bonchev–Trinajstić information content (AvgIpc) is 2.77. The van der Waals surface area contributed by atoms with E-state index in [1.54, 1.807) is 13.0 Å². The number of nitrogens with zero attached hydrogens (tertiary/aromatic N) is 1. The minimum absolute atomic E-state index is 0.0234. The Balaban J connectivity index is 1.64. The van der Waals surface area contributed by atoms with Crippen molar-refractivity contribution in [2.24, 2.45) is 0 Å². The minimum Gasteiger partial charge on any atom is -0.376 e. The molecule has 1 saturated heterocycles. The molecule has 1 atom stereocenters. The number of nitrogens with one attached hydrogen (secondary N) is 3. The quantitative estimate of drug-likeness (QED) is 0.560. The number of sulfonamides is 1. The van der Waals surface area contributed by atoms with E-state index in [4.69, 9.17) is 0 Å². The Labute approximate surface area is 195 Å². The van der Waals surface area contributed by atoms with Crippen LogP contribution >= 0.6 is 0 Å². The fourth-order valence-corrected chi connectivity index (χ4v) is 5.72. The van der Waals surface area contributed by atoms with Gasteiger partial charge in [0.15, 0.2) is 0 Å². The van der Waals surface area contributed by atoms with Gasteiger partial charge in [0.2, 0.25) is 10.0 Å². The van der Waals surface area contributed by atoms with E-state index in [1.165, 1.54) is 16.4 Å². The van der Waals surface area contributed by atoms with Crippen LogP contribution in [-0.2, 0) is 14.8 Å². The van der Waals surface area contributed by atoms with E-state index < -0.39 is 21.8 Å². The Morgan fingerprint density at radius 2 is 1.76 bits per heavy atom. The minimum atomic E-state index is -3.71. The maximum Gasteiger partial charge on any atom is 0.269 e. The maximum atomic E-state index is 13.1. The number of aryl methyl sites for hydroxylation is 3. The molecule has 8 nitrogen and oxygen atoms in total. The first-order chi connectivity index (χ1) is 15.6. The summed E-state index contributed by atoms with van der Waals surface area (Å²) in [5.41, 5.74) is 8.55. The van der Waals surface area contributed by atoms with Gasteiger partial charge in [0.05, 0.1) is 11.4 Å². The monoisotopic (exact) mass is 472 g/mol. The molecule has 0 saturated carbocycles. The number of rotatable bonds is 6. The van der Waals surface area contributed by atoms with Gasteiger partial charge in [0.1, 0.15) is 0 Å². The van der Waals surface area contributed by atoms with Gasteiger partial charge in [-0.05, 0) is 69.9 Å². The van der Waals surface area contributed by atoms with Crippen molar-refractivity contribution >= 4 is 27.5 Å². The summed E-state index contributed by atoms with van der Waals surface area (Å²) in [6, 6.07) is 10.3. The van der Waals surface area contributed by atoms with Crippen LogP contribution in [0.5, 0.6) is 0 Å². The molecule has 0 aliphatic carbocycles. The molecule has 1 aliphatic rings. The molecule has 0 bridgehead atoms. The van der Waals surface area contributed by atoms with Gasteiger partial charge in [0.25, 0.3) is 11.8 Å². The van der Waals surface area contributed by atoms with E-state index in [2.05, 4.69) is 16.2 Å². The lowest BCUT2D eigenvalue weighted by molar-refractivity contribution is -0.120. The van der Waals surface area contributed by atoms with E-state index >= 15 is 0 Å². The van der Waals surface area contributed by atoms with Crippen LogP contribution < -0.4 is 16.2 Å². The van der Waals surface area contributed by atoms with Crippen molar-refractivity contribution in [1.82, 2.24) is 15.2 Å². The summed E-state index contributed by atoms with van der Waals surface area (Å²) in [6.45, 7) is 8.02. The van der Waals surface area contributed by atoms with Crippen molar-refractivity contribution in [2.75, 3.05) is 18.4 Å². The molecule has 0 spiro atoms. The topological polar surface area (TPSA) is 108 Å². The molecule has 1 fully saturated rings. The molecular weight excluding hydrogens is 440 g/mol. The molecule has 1 aliphatic heterocycles. The Morgan fingerprint density at radius 1 is 1.00 bits per heavy atom. The lowest BCUT2D eigenvalue weighted by atomic mass is 10.1. The molecule has 2 aromatic carbocycles. The number of carbonyl (C=O) groups is 2. The largest absolute Gasteiger partial charge is 0.376 e. The van der Waals surface area contributed by atoms with E-state index in [0.717, 1.165) is 36.1 Å². The normalized spacial score (nSPS) is 16.8. The van der Waals surface area contributed by atoms with Crippen LogP contribution in [0.3, 0.4) is 0 Å². The number of carbonyl (C=O) groups excluding carboxylic acids is 2. The summed E-state index contributed by atoms with van der Waals surface area (Å²) in [5.74, 6) is -0.997. The van der Waals surface area contributed by atoms with Crippen LogP contribution in [0, 0.1) is 20.8 Å². The first kappa shape index (κ1) is 24.7. The zero-order valence-corrected chi connectivity index (χ0v) is 20.4. The third kappa shape index (κ3) is 5.91. The van der Waals surface area contributed by atoms with Gasteiger partial charge in [-0.3, -0.25) is 20.4 Å². The standard InChI is InChI=1S/C24H32N4O4S/c1-16-8-11-22(18(3)13-16)25-15-23(29)26-27-24(30)21-14-20(10-9-17(21)2)33(31,32)28-12-6-5-7-19(28)4/h8-11,13-14,19,25H,5-7,12,15H2,1-4H3,(H,26,29)(H,27,30). The smallest absolute Gasteiger partial charge is 0.269 e. The zero-order valence-electron chi connectivity index (χ0n) is 19.6. The number of amides is 2. The second-order valence-corrected chi connectivity index (χ2v) is 10.5. The van der Waals surface area contributed by atoms with Crippen molar-refractivity contribution in [3.63, 3.8) is 0 Å². The van der Waals surface area contributed by atoms with Gasteiger partial charge in [-0.25, -0.2) is 8.42 Å². The number of benzene rings is 2. The van der Waals surface area contributed by atoms with Crippen LogP contribution in [0.15, 0.2) is 41.3 Å². The highest BCUT2D eigenvalue weighted by atomic mass is 32.2. The zero-order chi connectivity index (χ0) is 24.2. The number of hydrogen-bond donors (Lipinski definition) is 3. The number of anilines is 1. The number of hydrogen-bond acceptors (Lipinski definition) is 5. The second-order valence-electron chi connectivity index (χ2n) is 8.61. The van der Waals surface area contributed by atoms with Crippen molar-refractivity contribution in [1.29, 1.82) is 0 Å². The summed E-state index contributed by atoms with van der Waals surface area (Å²) in [7, 11) is -3.71. The SMILES string of the molecule is Cc1ccc(NCC(=O)NNC(=O)c2cc(S(=O)(=O)N3CCCCC3C)ccc2C)c(C)c1. The predicted octanol–water partition coefficient (Wildman–Crippen LogP) is 3.05. The van der Waals surface area contributed by atoms with Gasteiger partial charge in [0, 0.05) is 23.8 Å². The Morgan fingerprint density at radius 3 is 2.45 bits per heavy atom. The van der Waals surface area contributed by atoms with Crippen LogP contribution in [0.25, 0.3) is 0 Å². The molecule has 0 radical (unpaired) electrons. The maximum absolute atomic E-state index is 13.1. The van der Waals surface area contributed by atoms with Gasteiger partial charge < -0.3 is 5.32 Å². The first-order valence-corrected chi connectivity index (χ1v) is 12.6. The summed E-state index contributed by atoms with van der Waals surface area (Å²) >= 11 is 0. The third-order valence-electron chi connectivity index (χ3n) is 5.94. The third-order valence-corrected chi connectivity index (χ3v) is 7.95. The van der Waals surface area contributed by atoms with E-state index in [-0.39, 0.29) is 23.0 Å². The van der Waals surface area contributed by atoms with Gasteiger partial charge in [-0.15, -0.1) is 0 Å². The molecule has 0 aromatic heterocycles. The number of hydrazine groups is 1. The molecule has 178 valence electrons. The molecule has 3 rings (SSSR count). The fraction of sp³-hybridized carbons (Fsp3) is 0.417. The van der Waals surface area contributed by atoms with E-state index in [9.17, 15) is 18.0 Å². The summed E-state index contributed by atoms with van der Waals surface area (Å²) in [4.78, 5) is 25.0. The molecule has 3 N–H and O–H groups in total. The van der Waals surface area contributed by atoms with Gasteiger partial charge in [-0.2, -0.15) is 4.31 Å². The molecule has 33 heavy (non-hydrogen) atoms. The van der Waals surface area contributed by atoms with Crippen LogP contribution in [-0.4, -0.2) is 43.7 Å². The molecule has 2 aromatic rings. The second kappa shape index (κ2) is 10.4. The molecule has 1 unspecified atom stereocenters. The van der Waals surface area contributed by atoms with E-state index in [0.29, 0.717) is 12.1 Å². The fourth-order valence-electron chi connectivity index (χ4n) is 4.00. The summed E-state index contributed by atoms with van der Waals surface area (Å²) in [6.07, 6.45) is 2.65. The Kier molecular flexibility index (Phi) is 7.76.